The first kappa shape index (κ1) is 13.4. The number of carbonyl (C=O) groups excluding carboxylic acids is 1. The van der Waals surface area contributed by atoms with Crippen LogP contribution in [-0.2, 0) is 0 Å². The number of hydrogen-bond donors (Lipinski definition) is 2. The topological polar surface area (TPSA) is 64.9 Å². The molecule has 102 valence electrons. The zero-order chi connectivity index (χ0) is 13.7. The van der Waals surface area contributed by atoms with Crippen LogP contribution in [0.15, 0.2) is 29.4 Å². The molecule has 1 heterocycles. The first-order valence-electron chi connectivity index (χ1n) is 6.56. The van der Waals surface area contributed by atoms with E-state index in [-0.39, 0.29) is 6.03 Å². The van der Waals surface area contributed by atoms with Crippen LogP contribution in [0, 0.1) is 0 Å². The van der Waals surface area contributed by atoms with E-state index in [2.05, 4.69) is 10.5 Å². The van der Waals surface area contributed by atoms with Gasteiger partial charge in [-0.15, -0.1) is 0 Å². The Hall–Kier alpha value is -2.04. The Bertz CT molecular complexity index is 462. The van der Waals surface area contributed by atoms with Gasteiger partial charge >= 0.3 is 6.03 Å². The molecule has 1 fully saturated rings. The number of nitrogens with one attached hydrogen (secondary N) is 1. The molecule has 1 aromatic rings. The van der Waals surface area contributed by atoms with Crippen molar-refractivity contribution >= 4 is 17.4 Å². The van der Waals surface area contributed by atoms with Gasteiger partial charge in [-0.05, 0) is 43.9 Å². The number of likely N-dealkylation sites (tertiary alicyclic amines) is 1. The first-order chi connectivity index (χ1) is 9.20. The standard InChI is InChI=1S/C14H19N3O2/c1-11(16-19)12-5-7-13(8-6-12)15-14(18)17-9-3-2-4-10-17/h5-8,19H,2-4,9-10H2,1H3,(H,15,18). The average molecular weight is 261 g/mol. The molecule has 1 aromatic carbocycles. The van der Waals surface area contributed by atoms with Gasteiger partial charge in [0.05, 0.1) is 5.71 Å². The minimum absolute atomic E-state index is 0.0417. The molecule has 0 atom stereocenters. The van der Waals surface area contributed by atoms with Crippen molar-refractivity contribution in [3.05, 3.63) is 29.8 Å². The van der Waals surface area contributed by atoms with Gasteiger partial charge in [-0.2, -0.15) is 0 Å². The SMILES string of the molecule is CC(=NO)c1ccc(NC(=O)N2CCCCC2)cc1. The third-order valence-electron chi connectivity index (χ3n) is 3.35. The fourth-order valence-electron chi connectivity index (χ4n) is 2.15. The molecule has 0 radical (unpaired) electrons. The predicted octanol–water partition coefficient (Wildman–Crippen LogP) is 2.90. The smallest absolute Gasteiger partial charge is 0.321 e. The van der Waals surface area contributed by atoms with Gasteiger partial charge in [0.2, 0.25) is 0 Å². The Morgan fingerprint density at radius 3 is 2.42 bits per heavy atom. The van der Waals surface area contributed by atoms with Gasteiger partial charge < -0.3 is 15.4 Å². The molecule has 0 bridgehead atoms. The predicted molar refractivity (Wildman–Crippen MR) is 74.9 cm³/mol. The molecule has 5 heteroatoms. The van der Waals surface area contributed by atoms with Crippen molar-refractivity contribution in [2.45, 2.75) is 26.2 Å². The van der Waals surface area contributed by atoms with Crippen LogP contribution in [0.1, 0.15) is 31.7 Å². The van der Waals surface area contributed by atoms with Crippen LogP contribution in [0.3, 0.4) is 0 Å². The van der Waals surface area contributed by atoms with Crippen molar-refractivity contribution in [1.82, 2.24) is 4.90 Å². The summed E-state index contributed by atoms with van der Waals surface area (Å²) in [6.45, 7) is 3.39. The van der Waals surface area contributed by atoms with Crippen molar-refractivity contribution < 1.29 is 10.0 Å². The lowest BCUT2D eigenvalue weighted by Gasteiger charge is -2.26. The summed E-state index contributed by atoms with van der Waals surface area (Å²) in [4.78, 5) is 13.8. The van der Waals surface area contributed by atoms with Crippen molar-refractivity contribution in [2.24, 2.45) is 5.16 Å². The Kier molecular flexibility index (Phi) is 4.39. The van der Waals surface area contributed by atoms with Gasteiger partial charge in [0.25, 0.3) is 0 Å². The van der Waals surface area contributed by atoms with E-state index in [1.807, 2.05) is 29.2 Å². The quantitative estimate of drug-likeness (QED) is 0.488. The highest BCUT2D eigenvalue weighted by Crippen LogP contribution is 2.14. The zero-order valence-electron chi connectivity index (χ0n) is 11.1. The van der Waals surface area contributed by atoms with E-state index in [9.17, 15) is 4.79 Å². The Labute approximate surface area is 112 Å². The van der Waals surface area contributed by atoms with Crippen LogP contribution in [0.4, 0.5) is 10.5 Å². The third-order valence-corrected chi connectivity index (χ3v) is 3.35. The van der Waals surface area contributed by atoms with Crippen LogP contribution in [0.5, 0.6) is 0 Å². The molecule has 5 nitrogen and oxygen atoms in total. The number of oxime groups is 1. The van der Waals surface area contributed by atoms with E-state index in [1.165, 1.54) is 6.42 Å². The van der Waals surface area contributed by atoms with Crippen molar-refractivity contribution in [2.75, 3.05) is 18.4 Å². The first-order valence-corrected chi connectivity index (χ1v) is 6.56. The molecule has 1 aliphatic rings. The van der Waals surface area contributed by atoms with Crippen molar-refractivity contribution in [3.63, 3.8) is 0 Å². The minimum atomic E-state index is -0.0417. The van der Waals surface area contributed by atoms with E-state index < -0.39 is 0 Å². The normalized spacial score (nSPS) is 16.3. The highest BCUT2D eigenvalue weighted by molar-refractivity contribution is 5.99. The van der Waals surface area contributed by atoms with Crippen LogP contribution in [0.2, 0.25) is 0 Å². The second kappa shape index (κ2) is 6.22. The molecule has 0 aliphatic carbocycles. The van der Waals surface area contributed by atoms with Gasteiger partial charge in [0, 0.05) is 18.8 Å². The number of piperidine rings is 1. The minimum Gasteiger partial charge on any atom is -0.411 e. The van der Waals surface area contributed by atoms with E-state index in [0.717, 1.165) is 37.2 Å². The van der Waals surface area contributed by atoms with Crippen molar-refractivity contribution in [1.29, 1.82) is 0 Å². The van der Waals surface area contributed by atoms with Crippen LogP contribution < -0.4 is 5.32 Å². The molecule has 2 rings (SSSR count). The van der Waals surface area contributed by atoms with E-state index in [4.69, 9.17) is 5.21 Å². The summed E-state index contributed by atoms with van der Waals surface area (Å²) in [5.74, 6) is 0. The monoisotopic (exact) mass is 261 g/mol. The van der Waals surface area contributed by atoms with Crippen molar-refractivity contribution in [3.8, 4) is 0 Å². The van der Waals surface area contributed by atoms with Gasteiger partial charge in [0.15, 0.2) is 0 Å². The molecule has 0 saturated carbocycles. The van der Waals surface area contributed by atoms with Crippen LogP contribution in [0.25, 0.3) is 0 Å². The highest BCUT2D eigenvalue weighted by Gasteiger charge is 2.16. The lowest BCUT2D eigenvalue weighted by atomic mass is 10.1. The number of rotatable bonds is 2. The maximum absolute atomic E-state index is 12.0. The van der Waals surface area contributed by atoms with Gasteiger partial charge in [-0.3, -0.25) is 0 Å². The third kappa shape index (κ3) is 3.47. The number of urea groups is 1. The summed E-state index contributed by atoms with van der Waals surface area (Å²) in [5, 5.41) is 14.7. The number of carbonyl (C=O) groups is 1. The molecule has 2 N–H and O–H groups in total. The summed E-state index contributed by atoms with van der Waals surface area (Å²) in [5.41, 5.74) is 2.14. The maximum atomic E-state index is 12.0. The number of benzene rings is 1. The molecular formula is C14H19N3O2. The van der Waals surface area contributed by atoms with Gasteiger partial charge in [-0.25, -0.2) is 4.79 Å². The molecule has 0 spiro atoms. The fraction of sp³-hybridized carbons (Fsp3) is 0.429. The largest absolute Gasteiger partial charge is 0.411 e. The number of anilines is 1. The molecule has 19 heavy (non-hydrogen) atoms. The lowest BCUT2D eigenvalue weighted by molar-refractivity contribution is 0.200. The summed E-state index contributed by atoms with van der Waals surface area (Å²) < 4.78 is 0. The van der Waals surface area contributed by atoms with Crippen LogP contribution in [-0.4, -0.2) is 34.9 Å². The van der Waals surface area contributed by atoms with E-state index in [0.29, 0.717) is 5.71 Å². The fourth-order valence-corrected chi connectivity index (χ4v) is 2.15. The summed E-state index contributed by atoms with van der Waals surface area (Å²) in [6.07, 6.45) is 3.37. The highest BCUT2D eigenvalue weighted by atomic mass is 16.4. The van der Waals surface area contributed by atoms with E-state index in [1.54, 1.807) is 6.92 Å². The molecule has 1 saturated heterocycles. The van der Waals surface area contributed by atoms with Crippen LogP contribution >= 0.6 is 0 Å². The van der Waals surface area contributed by atoms with Gasteiger partial charge in [0.1, 0.15) is 0 Å². The Balaban J connectivity index is 1.97. The lowest BCUT2D eigenvalue weighted by Crippen LogP contribution is -2.38. The molecule has 0 aromatic heterocycles. The summed E-state index contributed by atoms with van der Waals surface area (Å²) in [6, 6.07) is 7.22. The molecule has 0 unspecified atom stereocenters. The summed E-state index contributed by atoms with van der Waals surface area (Å²) in [7, 11) is 0. The Morgan fingerprint density at radius 2 is 1.84 bits per heavy atom. The molecular weight excluding hydrogens is 242 g/mol. The number of amides is 2. The second-order valence-corrected chi connectivity index (χ2v) is 4.74. The van der Waals surface area contributed by atoms with E-state index >= 15 is 0 Å². The molecule has 1 aliphatic heterocycles. The number of nitrogens with zero attached hydrogens (tertiary/aromatic N) is 2. The average Bonchev–Trinajstić information content (AvgIpc) is 2.48. The maximum Gasteiger partial charge on any atom is 0.321 e. The number of hydrogen-bond acceptors (Lipinski definition) is 3. The summed E-state index contributed by atoms with van der Waals surface area (Å²) >= 11 is 0. The Morgan fingerprint density at radius 1 is 1.21 bits per heavy atom. The molecule has 2 amide bonds. The van der Waals surface area contributed by atoms with Gasteiger partial charge in [-0.1, -0.05) is 17.3 Å². The second-order valence-electron chi connectivity index (χ2n) is 4.74. The zero-order valence-corrected chi connectivity index (χ0v) is 11.1.